The molecule has 2 N–H and O–H groups in total. The van der Waals surface area contributed by atoms with Gasteiger partial charge in [-0.15, -0.1) is 0 Å². The average molecular weight is 252 g/mol. The molecule has 1 fully saturated rings. The maximum absolute atomic E-state index is 11.8. The summed E-state index contributed by atoms with van der Waals surface area (Å²) in [6, 6.07) is -0.573. The Morgan fingerprint density at radius 2 is 2.06 bits per heavy atom. The summed E-state index contributed by atoms with van der Waals surface area (Å²) in [5.74, 6) is 0.236. The van der Waals surface area contributed by atoms with Crippen molar-refractivity contribution in [1.29, 1.82) is 0 Å². The van der Waals surface area contributed by atoms with E-state index in [0.717, 1.165) is 18.8 Å². The van der Waals surface area contributed by atoms with Crippen LogP contribution in [0.3, 0.4) is 0 Å². The highest BCUT2D eigenvalue weighted by Crippen LogP contribution is 2.33. The first-order chi connectivity index (χ1) is 7.88. The van der Waals surface area contributed by atoms with Gasteiger partial charge in [-0.25, -0.2) is 0 Å². The van der Waals surface area contributed by atoms with Gasteiger partial charge in [-0.2, -0.15) is 13.2 Å². The number of halogens is 3. The van der Waals surface area contributed by atoms with Gasteiger partial charge in [0.1, 0.15) is 6.54 Å². The molecule has 1 aliphatic rings. The summed E-state index contributed by atoms with van der Waals surface area (Å²) in [7, 11) is 0. The van der Waals surface area contributed by atoms with Gasteiger partial charge in [-0.1, -0.05) is 12.8 Å². The molecule has 1 rings (SSSR count). The van der Waals surface area contributed by atoms with Crippen LogP contribution in [-0.4, -0.2) is 31.2 Å². The molecule has 3 nitrogen and oxygen atoms in total. The first-order valence-corrected chi connectivity index (χ1v) is 5.96. The minimum atomic E-state index is -4.35. The molecular formula is C11H19F3N2O. The van der Waals surface area contributed by atoms with Crippen molar-refractivity contribution in [2.45, 2.75) is 44.8 Å². The second-order valence-electron chi connectivity index (χ2n) is 4.59. The summed E-state index contributed by atoms with van der Waals surface area (Å²) in [5, 5.41) is 4.78. The normalized spacial score (nSPS) is 17.9. The van der Waals surface area contributed by atoms with Crippen molar-refractivity contribution in [3.8, 4) is 0 Å². The third-order valence-corrected chi connectivity index (χ3v) is 2.79. The minimum Gasteiger partial charge on any atom is -0.346 e. The van der Waals surface area contributed by atoms with Gasteiger partial charge >= 0.3 is 6.18 Å². The van der Waals surface area contributed by atoms with E-state index in [9.17, 15) is 18.0 Å². The molecule has 0 bridgehead atoms. The van der Waals surface area contributed by atoms with Crippen molar-refractivity contribution >= 4 is 5.91 Å². The number of alkyl halides is 3. The predicted molar refractivity (Wildman–Crippen MR) is 58.5 cm³/mol. The lowest BCUT2D eigenvalue weighted by Crippen LogP contribution is -2.45. The second-order valence-corrected chi connectivity index (χ2v) is 4.59. The van der Waals surface area contributed by atoms with Gasteiger partial charge in [0.2, 0.25) is 5.91 Å². The smallest absolute Gasteiger partial charge is 0.346 e. The molecule has 100 valence electrons. The van der Waals surface area contributed by atoms with E-state index in [1.54, 1.807) is 6.92 Å². The maximum atomic E-state index is 11.8. The summed E-state index contributed by atoms with van der Waals surface area (Å²) in [4.78, 5) is 11.3. The maximum Gasteiger partial charge on any atom is 0.405 e. The van der Waals surface area contributed by atoms with E-state index in [1.807, 2.05) is 5.32 Å². The van der Waals surface area contributed by atoms with E-state index in [4.69, 9.17) is 0 Å². The monoisotopic (exact) mass is 252 g/mol. The Labute approximate surface area is 99.1 Å². The van der Waals surface area contributed by atoms with E-state index in [1.165, 1.54) is 12.8 Å². The highest BCUT2D eigenvalue weighted by atomic mass is 19.4. The van der Waals surface area contributed by atoms with Crippen LogP contribution < -0.4 is 10.6 Å². The lowest BCUT2D eigenvalue weighted by Gasteiger charge is -2.14. The molecule has 1 saturated carbocycles. The van der Waals surface area contributed by atoms with Crippen molar-refractivity contribution < 1.29 is 18.0 Å². The lowest BCUT2D eigenvalue weighted by molar-refractivity contribution is -0.139. The quantitative estimate of drug-likeness (QED) is 0.679. The number of nitrogens with one attached hydrogen (secondary N) is 2. The molecule has 0 radical (unpaired) electrons. The molecule has 0 saturated heterocycles. The van der Waals surface area contributed by atoms with Crippen LogP contribution in [-0.2, 0) is 4.79 Å². The lowest BCUT2D eigenvalue weighted by atomic mass is 10.2. The first kappa shape index (κ1) is 14.3. The fraction of sp³-hybridized carbons (Fsp3) is 0.909. The molecule has 0 spiro atoms. The highest BCUT2D eigenvalue weighted by Gasteiger charge is 2.28. The Bertz CT molecular complexity index is 252. The number of hydrogen-bond acceptors (Lipinski definition) is 2. The Kier molecular flexibility index (Phi) is 5.24. The molecule has 0 heterocycles. The van der Waals surface area contributed by atoms with Crippen LogP contribution in [0.1, 0.15) is 32.6 Å². The summed E-state index contributed by atoms with van der Waals surface area (Å²) >= 11 is 0. The molecule has 1 aliphatic carbocycles. The van der Waals surface area contributed by atoms with E-state index >= 15 is 0 Å². The number of carbonyl (C=O) groups excluding carboxylic acids is 1. The Hall–Kier alpha value is -0.780. The third-order valence-electron chi connectivity index (χ3n) is 2.79. The molecule has 0 aromatic rings. The zero-order chi connectivity index (χ0) is 12.9. The average Bonchev–Trinajstić information content (AvgIpc) is 3.03. The molecule has 0 aliphatic heterocycles. The van der Waals surface area contributed by atoms with Crippen LogP contribution in [0.25, 0.3) is 0 Å². The van der Waals surface area contributed by atoms with E-state index in [2.05, 4.69) is 5.32 Å². The summed E-state index contributed by atoms with van der Waals surface area (Å²) in [5.41, 5.74) is 0. The minimum absolute atomic E-state index is 0.573. The third kappa shape index (κ3) is 7.20. The second kappa shape index (κ2) is 6.23. The van der Waals surface area contributed by atoms with Crippen LogP contribution in [0.15, 0.2) is 0 Å². The largest absolute Gasteiger partial charge is 0.405 e. The van der Waals surface area contributed by atoms with Gasteiger partial charge in [0.25, 0.3) is 0 Å². The number of carbonyl (C=O) groups is 1. The van der Waals surface area contributed by atoms with Gasteiger partial charge in [-0.05, 0) is 32.2 Å². The van der Waals surface area contributed by atoms with Crippen LogP contribution in [0.2, 0.25) is 0 Å². The summed E-state index contributed by atoms with van der Waals surface area (Å²) in [6.45, 7) is 0.986. The van der Waals surface area contributed by atoms with Crippen LogP contribution >= 0.6 is 0 Å². The van der Waals surface area contributed by atoms with Gasteiger partial charge in [-0.3, -0.25) is 4.79 Å². The van der Waals surface area contributed by atoms with Crippen LogP contribution in [0.5, 0.6) is 0 Å². The zero-order valence-electron chi connectivity index (χ0n) is 9.94. The Morgan fingerprint density at radius 3 is 2.59 bits per heavy atom. The Balaban J connectivity index is 2.04. The number of amides is 1. The van der Waals surface area contributed by atoms with Gasteiger partial charge in [0.05, 0.1) is 6.04 Å². The van der Waals surface area contributed by atoms with E-state index in [-0.39, 0.29) is 0 Å². The molecule has 0 aromatic heterocycles. The summed E-state index contributed by atoms with van der Waals surface area (Å²) in [6.07, 6.45) is 0.357. The number of hydrogen-bond donors (Lipinski definition) is 2. The van der Waals surface area contributed by atoms with Gasteiger partial charge in [0.15, 0.2) is 0 Å². The molecule has 1 unspecified atom stereocenters. The molecule has 1 atom stereocenters. The molecule has 1 amide bonds. The van der Waals surface area contributed by atoms with Crippen molar-refractivity contribution in [1.82, 2.24) is 10.6 Å². The van der Waals surface area contributed by atoms with Crippen molar-refractivity contribution in [2.75, 3.05) is 13.1 Å². The fourth-order valence-electron chi connectivity index (χ4n) is 1.55. The zero-order valence-corrected chi connectivity index (χ0v) is 9.94. The van der Waals surface area contributed by atoms with Crippen molar-refractivity contribution in [3.63, 3.8) is 0 Å². The standard InChI is InChI=1S/C11H19F3N2O/c1-8(10(17)16-7-11(12,13)14)15-6-2-3-9-4-5-9/h8-9,15H,2-7H2,1H3,(H,16,17). The van der Waals surface area contributed by atoms with E-state index in [0.29, 0.717) is 6.54 Å². The SMILES string of the molecule is CC(NCCCC1CC1)C(=O)NCC(F)(F)F. The van der Waals surface area contributed by atoms with Gasteiger partial charge < -0.3 is 10.6 Å². The van der Waals surface area contributed by atoms with Crippen molar-refractivity contribution in [3.05, 3.63) is 0 Å². The predicted octanol–water partition coefficient (Wildman–Crippen LogP) is 1.83. The van der Waals surface area contributed by atoms with Crippen LogP contribution in [0, 0.1) is 5.92 Å². The highest BCUT2D eigenvalue weighted by molar-refractivity contribution is 5.81. The van der Waals surface area contributed by atoms with Crippen molar-refractivity contribution in [2.24, 2.45) is 5.92 Å². The molecule has 17 heavy (non-hydrogen) atoms. The Morgan fingerprint density at radius 1 is 1.41 bits per heavy atom. The molecular weight excluding hydrogens is 233 g/mol. The van der Waals surface area contributed by atoms with Gasteiger partial charge in [0, 0.05) is 0 Å². The van der Waals surface area contributed by atoms with E-state index < -0.39 is 24.7 Å². The topological polar surface area (TPSA) is 41.1 Å². The first-order valence-electron chi connectivity index (χ1n) is 5.96. The molecule has 6 heteroatoms. The number of rotatable bonds is 7. The molecule has 0 aromatic carbocycles. The summed E-state index contributed by atoms with van der Waals surface area (Å²) < 4.78 is 35.5. The fourth-order valence-corrected chi connectivity index (χ4v) is 1.55. The van der Waals surface area contributed by atoms with Crippen LogP contribution in [0.4, 0.5) is 13.2 Å².